The molecule has 1 aromatic carbocycles. The molecule has 0 spiro atoms. The zero-order valence-electron chi connectivity index (χ0n) is 12.7. The fraction of sp³-hybridized carbons (Fsp3) is 0.235. The first kappa shape index (κ1) is 14.3. The van der Waals surface area contributed by atoms with Crippen LogP contribution in [0.25, 0.3) is 10.9 Å². The van der Waals surface area contributed by atoms with Gasteiger partial charge in [0.25, 0.3) is 5.91 Å². The molecule has 22 heavy (non-hydrogen) atoms. The lowest BCUT2D eigenvalue weighted by Crippen LogP contribution is -2.25. The molecule has 0 aliphatic heterocycles. The molecule has 0 aliphatic rings. The Hall–Kier alpha value is -2.69. The average Bonchev–Trinajstić information content (AvgIpc) is 2.93. The molecule has 2 aromatic heterocycles. The number of carbonyl (C=O) groups excluding carboxylic acids is 1. The van der Waals surface area contributed by atoms with E-state index >= 15 is 0 Å². The Labute approximate surface area is 129 Å². The number of hydrogen-bond donors (Lipinski definition) is 1. The van der Waals surface area contributed by atoms with Crippen LogP contribution >= 0.6 is 0 Å². The summed E-state index contributed by atoms with van der Waals surface area (Å²) in [6.07, 6.45) is 1.78. The maximum atomic E-state index is 12.3. The maximum absolute atomic E-state index is 12.3. The molecular weight excluding hydrogens is 276 g/mol. The van der Waals surface area contributed by atoms with Gasteiger partial charge in [-0.15, -0.1) is 0 Å². The largest absolute Gasteiger partial charge is 0.347 e. The van der Waals surface area contributed by atoms with Crippen molar-refractivity contribution >= 4 is 16.8 Å². The highest BCUT2D eigenvalue weighted by molar-refractivity contribution is 5.92. The normalized spacial score (nSPS) is 10.8. The molecule has 0 saturated carbocycles. The number of nitrogens with one attached hydrogen (secondary N) is 1. The zero-order valence-corrected chi connectivity index (χ0v) is 12.7. The minimum absolute atomic E-state index is 0.103. The van der Waals surface area contributed by atoms with Gasteiger partial charge in [-0.3, -0.25) is 14.5 Å². The molecule has 0 fully saturated rings. The maximum Gasteiger partial charge on any atom is 0.269 e. The lowest BCUT2D eigenvalue weighted by Gasteiger charge is -2.07. The van der Waals surface area contributed by atoms with Crippen molar-refractivity contribution in [2.24, 2.45) is 0 Å². The molecule has 5 heteroatoms. The molecule has 0 atom stereocenters. The van der Waals surface area contributed by atoms with Crippen LogP contribution in [0, 0.1) is 6.92 Å². The van der Waals surface area contributed by atoms with E-state index in [-0.39, 0.29) is 5.91 Å². The second-order valence-corrected chi connectivity index (χ2v) is 5.20. The third kappa shape index (κ3) is 2.83. The Bertz CT molecular complexity index is 822. The van der Waals surface area contributed by atoms with Crippen molar-refractivity contribution in [1.82, 2.24) is 20.1 Å². The lowest BCUT2D eigenvalue weighted by atomic mass is 10.1. The van der Waals surface area contributed by atoms with Crippen LogP contribution in [0.3, 0.4) is 0 Å². The van der Waals surface area contributed by atoms with Gasteiger partial charge in [0.15, 0.2) is 0 Å². The summed E-state index contributed by atoms with van der Waals surface area (Å²) in [5.41, 5.74) is 3.46. The van der Waals surface area contributed by atoms with E-state index < -0.39 is 0 Å². The third-order valence-electron chi connectivity index (χ3n) is 3.55. The molecule has 3 rings (SSSR count). The first-order valence-electron chi connectivity index (χ1n) is 7.33. The summed E-state index contributed by atoms with van der Waals surface area (Å²) in [7, 11) is 0. The van der Waals surface area contributed by atoms with Crippen LogP contribution in [0.4, 0.5) is 0 Å². The van der Waals surface area contributed by atoms with Crippen molar-refractivity contribution in [1.29, 1.82) is 0 Å². The Balaban J connectivity index is 1.74. The molecule has 0 aliphatic carbocycles. The van der Waals surface area contributed by atoms with Crippen LogP contribution in [0.15, 0.2) is 42.6 Å². The van der Waals surface area contributed by atoms with Crippen LogP contribution in [-0.2, 0) is 13.1 Å². The highest BCUT2D eigenvalue weighted by atomic mass is 16.2. The highest BCUT2D eigenvalue weighted by Gasteiger charge is 2.12. The molecular formula is C17H18N4O. The number of carbonyl (C=O) groups is 1. The molecule has 0 saturated heterocycles. The van der Waals surface area contributed by atoms with Gasteiger partial charge in [0.2, 0.25) is 0 Å². The molecule has 0 bridgehead atoms. The number of nitrogens with zero attached hydrogens (tertiary/aromatic N) is 3. The number of fused-ring (bicyclic) bond motifs is 1. The van der Waals surface area contributed by atoms with Crippen LogP contribution in [-0.4, -0.2) is 20.7 Å². The number of aryl methyl sites for hydroxylation is 2. The number of hydrogen-bond acceptors (Lipinski definition) is 3. The second kappa shape index (κ2) is 5.97. The first-order valence-corrected chi connectivity index (χ1v) is 7.33. The summed E-state index contributed by atoms with van der Waals surface area (Å²) in [4.78, 5) is 16.6. The lowest BCUT2D eigenvalue weighted by molar-refractivity contribution is 0.0940. The summed E-state index contributed by atoms with van der Waals surface area (Å²) in [6.45, 7) is 5.02. The number of rotatable bonds is 4. The summed E-state index contributed by atoms with van der Waals surface area (Å²) < 4.78 is 1.72. The van der Waals surface area contributed by atoms with E-state index in [0.717, 1.165) is 22.2 Å². The van der Waals surface area contributed by atoms with Crippen LogP contribution < -0.4 is 5.32 Å². The fourth-order valence-electron chi connectivity index (χ4n) is 2.48. The predicted octanol–water partition coefficient (Wildman–Crippen LogP) is 2.69. The number of benzene rings is 1. The summed E-state index contributed by atoms with van der Waals surface area (Å²) in [6, 6.07) is 11.7. The van der Waals surface area contributed by atoms with E-state index in [1.807, 2.05) is 50.2 Å². The molecule has 1 N–H and O–H groups in total. The number of aromatic nitrogens is 3. The Kier molecular flexibility index (Phi) is 3.87. The minimum atomic E-state index is -0.103. The van der Waals surface area contributed by atoms with E-state index in [0.29, 0.717) is 18.8 Å². The van der Waals surface area contributed by atoms with Gasteiger partial charge < -0.3 is 5.32 Å². The molecule has 1 amide bonds. The molecule has 0 unspecified atom stereocenters. The molecule has 0 radical (unpaired) electrons. The monoisotopic (exact) mass is 294 g/mol. The standard InChI is InChI=1S/C17H18N4O/c1-3-21-16(9-12(2)20-21)17(22)19-11-13-6-7-15-14(10-13)5-4-8-18-15/h4-10H,3,11H2,1-2H3,(H,19,22). The molecule has 112 valence electrons. The van der Waals surface area contributed by atoms with E-state index in [1.165, 1.54) is 0 Å². The van der Waals surface area contributed by atoms with Crippen molar-refractivity contribution < 1.29 is 4.79 Å². The van der Waals surface area contributed by atoms with E-state index in [4.69, 9.17) is 0 Å². The first-order chi connectivity index (χ1) is 10.7. The SMILES string of the molecule is CCn1nc(C)cc1C(=O)NCc1ccc2ncccc2c1. The molecule has 2 heterocycles. The summed E-state index contributed by atoms with van der Waals surface area (Å²) in [5.74, 6) is -0.103. The van der Waals surface area contributed by atoms with Crippen LogP contribution in [0.5, 0.6) is 0 Å². The third-order valence-corrected chi connectivity index (χ3v) is 3.55. The predicted molar refractivity (Wildman–Crippen MR) is 85.6 cm³/mol. The number of amides is 1. The van der Waals surface area contributed by atoms with Crippen LogP contribution in [0.2, 0.25) is 0 Å². The average molecular weight is 294 g/mol. The smallest absolute Gasteiger partial charge is 0.269 e. The Morgan fingerprint density at radius 2 is 2.14 bits per heavy atom. The van der Waals surface area contributed by atoms with E-state index in [9.17, 15) is 4.79 Å². The van der Waals surface area contributed by atoms with Crippen molar-refractivity contribution in [2.75, 3.05) is 0 Å². The zero-order chi connectivity index (χ0) is 15.5. The van der Waals surface area contributed by atoms with Crippen molar-refractivity contribution in [3.63, 3.8) is 0 Å². The van der Waals surface area contributed by atoms with Gasteiger partial charge in [-0.1, -0.05) is 12.1 Å². The van der Waals surface area contributed by atoms with Gasteiger partial charge in [0.05, 0.1) is 11.2 Å². The van der Waals surface area contributed by atoms with E-state index in [2.05, 4.69) is 15.4 Å². The van der Waals surface area contributed by atoms with E-state index in [1.54, 1.807) is 10.9 Å². The number of pyridine rings is 1. The Morgan fingerprint density at radius 1 is 1.27 bits per heavy atom. The van der Waals surface area contributed by atoms with Crippen molar-refractivity contribution in [3.05, 3.63) is 59.5 Å². The minimum Gasteiger partial charge on any atom is -0.347 e. The van der Waals surface area contributed by atoms with Crippen molar-refractivity contribution in [3.8, 4) is 0 Å². The van der Waals surface area contributed by atoms with Gasteiger partial charge in [-0.05, 0) is 43.7 Å². The quantitative estimate of drug-likeness (QED) is 0.805. The van der Waals surface area contributed by atoms with Gasteiger partial charge in [0.1, 0.15) is 5.69 Å². The second-order valence-electron chi connectivity index (χ2n) is 5.20. The summed E-state index contributed by atoms with van der Waals surface area (Å²) >= 11 is 0. The fourth-order valence-corrected chi connectivity index (χ4v) is 2.48. The van der Waals surface area contributed by atoms with Crippen LogP contribution in [0.1, 0.15) is 28.7 Å². The van der Waals surface area contributed by atoms with Gasteiger partial charge in [0, 0.05) is 24.7 Å². The van der Waals surface area contributed by atoms with Gasteiger partial charge in [-0.25, -0.2) is 0 Å². The Morgan fingerprint density at radius 3 is 2.95 bits per heavy atom. The molecule has 5 nitrogen and oxygen atoms in total. The topological polar surface area (TPSA) is 59.8 Å². The summed E-state index contributed by atoms with van der Waals surface area (Å²) in [5, 5.41) is 8.31. The molecule has 3 aromatic rings. The van der Waals surface area contributed by atoms with Gasteiger partial charge in [-0.2, -0.15) is 5.10 Å². The van der Waals surface area contributed by atoms with Gasteiger partial charge >= 0.3 is 0 Å². The van der Waals surface area contributed by atoms with Crippen molar-refractivity contribution in [2.45, 2.75) is 26.9 Å². The highest BCUT2D eigenvalue weighted by Crippen LogP contribution is 2.13.